The van der Waals surface area contributed by atoms with Gasteiger partial charge < -0.3 is 15.5 Å². The van der Waals surface area contributed by atoms with Crippen molar-refractivity contribution in [1.29, 1.82) is 0 Å². The zero-order valence-electron chi connectivity index (χ0n) is 15.9. The number of rotatable bonds is 7. The Bertz CT molecular complexity index is 334. The van der Waals surface area contributed by atoms with Crippen molar-refractivity contribution in [3.63, 3.8) is 0 Å². The highest BCUT2D eigenvalue weighted by Crippen LogP contribution is 2.26. The maximum absolute atomic E-state index is 4.82. The van der Waals surface area contributed by atoms with Gasteiger partial charge in [0, 0.05) is 19.6 Å². The molecule has 1 heterocycles. The summed E-state index contributed by atoms with van der Waals surface area (Å²) in [6.07, 6.45) is 12.6. The van der Waals surface area contributed by atoms with Gasteiger partial charge in [0.1, 0.15) is 0 Å². The lowest BCUT2D eigenvalue weighted by Crippen LogP contribution is -2.39. The molecule has 0 amide bonds. The van der Waals surface area contributed by atoms with Crippen molar-refractivity contribution >= 4 is 29.9 Å². The van der Waals surface area contributed by atoms with Crippen molar-refractivity contribution in [1.82, 2.24) is 15.5 Å². The third-order valence-corrected chi connectivity index (χ3v) is 5.50. The summed E-state index contributed by atoms with van der Waals surface area (Å²) in [5.41, 5.74) is 0. The SMILES string of the molecule is CCNC(=NCC1CCN(C)CC1)NCCCC1CCCCC1.I. The molecule has 5 heteroatoms. The summed E-state index contributed by atoms with van der Waals surface area (Å²) in [5.74, 6) is 2.78. The molecule has 0 radical (unpaired) electrons. The monoisotopic (exact) mass is 450 g/mol. The van der Waals surface area contributed by atoms with E-state index in [1.54, 1.807) is 0 Å². The number of aliphatic imine (C=N–C) groups is 1. The molecule has 0 spiro atoms. The molecule has 0 aromatic heterocycles. The summed E-state index contributed by atoms with van der Waals surface area (Å²) < 4.78 is 0. The van der Waals surface area contributed by atoms with Crippen LogP contribution >= 0.6 is 24.0 Å². The smallest absolute Gasteiger partial charge is 0.191 e. The lowest BCUT2D eigenvalue weighted by molar-refractivity contribution is 0.223. The van der Waals surface area contributed by atoms with Gasteiger partial charge in [-0.3, -0.25) is 4.99 Å². The second-order valence-corrected chi connectivity index (χ2v) is 7.54. The molecule has 0 bridgehead atoms. The van der Waals surface area contributed by atoms with Gasteiger partial charge in [0.05, 0.1) is 0 Å². The number of halogens is 1. The topological polar surface area (TPSA) is 39.7 Å². The number of piperidine rings is 1. The maximum Gasteiger partial charge on any atom is 0.191 e. The normalized spacial score (nSPS) is 21.3. The number of hydrogen-bond acceptors (Lipinski definition) is 2. The Balaban J connectivity index is 0.00000288. The largest absolute Gasteiger partial charge is 0.357 e. The highest BCUT2D eigenvalue weighted by molar-refractivity contribution is 14.0. The van der Waals surface area contributed by atoms with E-state index < -0.39 is 0 Å². The van der Waals surface area contributed by atoms with Crippen LogP contribution in [-0.4, -0.2) is 50.6 Å². The molecule has 2 fully saturated rings. The molecule has 142 valence electrons. The van der Waals surface area contributed by atoms with E-state index in [1.165, 1.54) is 70.9 Å². The molecule has 2 rings (SSSR count). The minimum Gasteiger partial charge on any atom is -0.357 e. The van der Waals surface area contributed by atoms with Gasteiger partial charge in [0.25, 0.3) is 0 Å². The summed E-state index contributed by atoms with van der Waals surface area (Å²) in [7, 11) is 2.22. The van der Waals surface area contributed by atoms with E-state index in [-0.39, 0.29) is 24.0 Å². The van der Waals surface area contributed by atoms with Crippen LogP contribution in [0.25, 0.3) is 0 Å². The Labute approximate surface area is 166 Å². The third kappa shape index (κ3) is 8.88. The van der Waals surface area contributed by atoms with E-state index >= 15 is 0 Å². The van der Waals surface area contributed by atoms with Crippen LogP contribution in [0.15, 0.2) is 4.99 Å². The van der Waals surface area contributed by atoms with E-state index in [0.29, 0.717) is 0 Å². The summed E-state index contributed by atoms with van der Waals surface area (Å²) >= 11 is 0. The van der Waals surface area contributed by atoms with Crippen molar-refractivity contribution < 1.29 is 0 Å². The Morgan fingerprint density at radius 3 is 2.38 bits per heavy atom. The Hall–Kier alpha value is -0.0400. The molecule has 0 aromatic rings. The van der Waals surface area contributed by atoms with Gasteiger partial charge in [-0.2, -0.15) is 0 Å². The van der Waals surface area contributed by atoms with E-state index in [9.17, 15) is 0 Å². The molecule has 24 heavy (non-hydrogen) atoms. The molecule has 0 atom stereocenters. The average Bonchev–Trinajstić information content (AvgIpc) is 2.59. The minimum absolute atomic E-state index is 0. The average molecular weight is 450 g/mol. The zero-order chi connectivity index (χ0) is 16.3. The number of hydrogen-bond donors (Lipinski definition) is 2. The van der Waals surface area contributed by atoms with Crippen molar-refractivity contribution in [2.45, 2.75) is 64.7 Å². The van der Waals surface area contributed by atoms with Crippen LogP contribution in [0.4, 0.5) is 0 Å². The van der Waals surface area contributed by atoms with Gasteiger partial charge in [-0.25, -0.2) is 0 Å². The minimum atomic E-state index is 0. The fraction of sp³-hybridized carbons (Fsp3) is 0.947. The van der Waals surface area contributed by atoms with Gasteiger partial charge in [-0.05, 0) is 64.6 Å². The number of nitrogens with zero attached hydrogens (tertiary/aromatic N) is 2. The Kier molecular flexibility index (Phi) is 12.1. The number of nitrogens with one attached hydrogen (secondary N) is 2. The van der Waals surface area contributed by atoms with Gasteiger partial charge >= 0.3 is 0 Å². The lowest BCUT2D eigenvalue weighted by atomic mass is 9.86. The highest BCUT2D eigenvalue weighted by Gasteiger charge is 2.16. The van der Waals surface area contributed by atoms with Crippen LogP contribution in [0.1, 0.15) is 64.7 Å². The van der Waals surface area contributed by atoms with Crippen LogP contribution in [0.3, 0.4) is 0 Å². The van der Waals surface area contributed by atoms with Crippen LogP contribution < -0.4 is 10.6 Å². The first kappa shape index (κ1) is 22.0. The molecule has 0 aromatic carbocycles. The fourth-order valence-corrected chi connectivity index (χ4v) is 3.88. The first-order valence-electron chi connectivity index (χ1n) is 9.98. The standard InChI is InChI=1S/C19H38N4.HI/c1-3-20-19(22-16-18-11-14-23(2)15-12-18)21-13-7-10-17-8-5-4-6-9-17;/h17-18H,3-16H2,1-2H3,(H2,20,21,22);1H. The van der Waals surface area contributed by atoms with Crippen LogP contribution in [0.2, 0.25) is 0 Å². The van der Waals surface area contributed by atoms with Crippen molar-refractivity contribution in [2.24, 2.45) is 16.8 Å². The van der Waals surface area contributed by atoms with Crippen LogP contribution in [-0.2, 0) is 0 Å². The third-order valence-electron chi connectivity index (χ3n) is 5.50. The highest BCUT2D eigenvalue weighted by atomic mass is 127. The summed E-state index contributed by atoms with van der Waals surface area (Å²) in [4.78, 5) is 7.25. The van der Waals surface area contributed by atoms with Gasteiger partial charge in [-0.1, -0.05) is 32.1 Å². The molecule has 1 aliphatic heterocycles. The second-order valence-electron chi connectivity index (χ2n) is 7.54. The predicted octanol–water partition coefficient (Wildman–Crippen LogP) is 3.86. The number of guanidine groups is 1. The van der Waals surface area contributed by atoms with Gasteiger partial charge in [0.2, 0.25) is 0 Å². The van der Waals surface area contributed by atoms with Gasteiger partial charge in [0.15, 0.2) is 5.96 Å². The first-order chi connectivity index (χ1) is 11.3. The molecular weight excluding hydrogens is 411 g/mol. The fourth-order valence-electron chi connectivity index (χ4n) is 3.88. The van der Waals surface area contributed by atoms with Crippen molar-refractivity contribution in [2.75, 3.05) is 39.8 Å². The van der Waals surface area contributed by atoms with E-state index in [4.69, 9.17) is 4.99 Å². The van der Waals surface area contributed by atoms with Crippen LogP contribution in [0.5, 0.6) is 0 Å². The molecule has 2 N–H and O–H groups in total. The summed E-state index contributed by atoms with van der Waals surface area (Å²) in [6.45, 7) is 7.59. The Morgan fingerprint density at radius 1 is 1.00 bits per heavy atom. The van der Waals surface area contributed by atoms with E-state index in [2.05, 4.69) is 29.5 Å². The van der Waals surface area contributed by atoms with Crippen molar-refractivity contribution in [3.8, 4) is 0 Å². The van der Waals surface area contributed by atoms with Gasteiger partial charge in [-0.15, -0.1) is 24.0 Å². The molecule has 1 saturated heterocycles. The second kappa shape index (κ2) is 13.2. The zero-order valence-corrected chi connectivity index (χ0v) is 18.2. The molecule has 0 unspecified atom stereocenters. The Morgan fingerprint density at radius 2 is 1.71 bits per heavy atom. The molecule has 1 saturated carbocycles. The van der Waals surface area contributed by atoms with E-state index in [0.717, 1.165) is 37.4 Å². The summed E-state index contributed by atoms with van der Waals surface area (Å²) in [6, 6.07) is 0. The van der Waals surface area contributed by atoms with E-state index in [1.807, 2.05) is 0 Å². The molecule has 1 aliphatic carbocycles. The van der Waals surface area contributed by atoms with Crippen molar-refractivity contribution in [3.05, 3.63) is 0 Å². The lowest BCUT2D eigenvalue weighted by Gasteiger charge is -2.28. The molecule has 2 aliphatic rings. The summed E-state index contributed by atoms with van der Waals surface area (Å²) in [5, 5.41) is 6.93. The molecule has 4 nitrogen and oxygen atoms in total. The molecular formula is C19H39IN4. The number of likely N-dealkylation sites (tertiary alicyclic amines) is 1. The van der Waals surface area contributed by atoms with Crippen LogP contribution in [0, 0.1) is 11.8 Å². The first-order valence-corrected chi connectivity index (χ1v) is 9.98. The predicted molar refractivity (Wildman–Crippen MR) is 115 cm³/mol. The quantitative estimate of drug-likeness (QED) is 0.268. The maximum atomic E-state index is 4.82.